The van der Waals surface area contributed by atoms with Crippen LogP contribution in [-0.4, -0.2) is 19.3 Å². The number of benzene rings is 1. The number of rotatable bonds is 5. The number of amides is 1. The summed E-state index contributed by atoms with van der Waals surface area (Å²) < 4.78 is 25.5. The number of aryl methyl sites for hydroxylation is 2. The van der Waals surface area contributed by atoms with Gasteiger partial charge in [-0.15, -0.1) is 0 Å². The third-order valence-electron chi connectivity index (χ3n) is 4.54. The van der Waals surface area contributed by atoms with Crippen LogP contribution in [0, 0.1) is 0 Å². The third-order valence-corrected chi connectivity index (χ3v) is 6.59. The van der Waals surface area contributed by atoms with Crippen LogP contribution in [0.5, 0.6) is 0 Å². The van der Waals surface area contributed by atoms with Crippen LogP contribution in [-0.2, 0) is 28.4 Å². The van der Waals surface area contributed by atoms with Crippen molar-refractivity contribution >= 4 is 15.7 Å². The van der Waals surface area contributed by atoms with Crippen molar-refractivity contribution in [2.45, 2.75) is 37.2 Å². The zero-order valence-electron chi connectivity index (χ0n) is 13.5. The first-order chi connectivity index (χ1) is 11.4. The summed E-state index contributed by atoms with van der Waals surface area (Å²) in [6, 6.07) is 10.6. The number of pyridine rings is 1. The van der Waals surface area contributed by atoms with Crippen molar-refractivity contribution in [1.82, 2.24) is 4.98 Å². The molecule has 0 saturated carbocycles. The number of fused-ring (bicyclic) bond motifs is 1. The molecule has 2 aromatic rings. The number of carbonyl (C=O) groups is 1. The average Bonchev–Trinajstić information content (AvgIpc) is 3.01. The zero-order valence-corrected chi connectivity index (χ0v) is 14.3. The van der Waals surface area contributed by atoms with E-state index < -0.39 is 21.0 Å². The first-order valence-corrected chi connectivity index (χ1v) is 9.67. The Bertz CT molecular complexity index is 891. The van der Waals surface area contributed by atoms with E-state index in [1.807, 2.05) is 18.2 Å². The minimum absolute atomic E-state index is 0.0767. The summed E-state index contributed by atoms with van der Waals surface area (Å²) in [5.41, 5.74) is 8.99. The van der Waals surface area contributed by atoms with E-state index in [4.69, 9.17) is 5.73 Å². The SMILES string of the molecule is CC(c1ccc2c(c1)CCC2)S(=O)(=O)Cc1cccc(C(N)=O)n1. The van der Waals surface area contributed by atoms with E-state index in [2.05, 4.69) is 4.98 Å². The second-order valence-corrected chi connectivity index (χ2v) is 8.53. The number of nitrogens with zero attached hydrogens (tertiary/aromatic N) is 1. The van der Waals surface area contributed by atoms with Gasteiger partial charge in [-0.2, -0.15) is 0 Å². The summed E-state index contributed by atoms with van der Waals surface area (Å²) in [7, 11) is -3.44. The minimum Gasteiger partial charge on any atom is -0.364 e. The molecule has 1 amide bonds. The maximum atomic E-state index is 12.7. The molecule has 1 aliphatic carbocycles. The van der Waals surface area contributed by atoms with E-state index in [0.29, 0.717) is 5.69 Å². The first-order valence-electron chi connectivity index (χ1n) is 7.96. The van der Waals surface area contributed by atoms with Gasteiger partial charge in [-0.05, 0) is 55.0 Å². The molecule has 0 bridgehead atoms. The first kappa shape index (κ1) is 16.6. The molecule has 0 spiro atoms. The van der Waals surface area contributed by atoms with Crippen LogP contribution < -0.4 is 5.73 Å². The maximum Gasteiger partial charge on any atom is 0.267 e. The van der Waals surface area contributed by atoms with Crippen LogP contribution in [0.25, 0.3) is 0 Å². The van der Waals surface area contributed by atoms with Crippen molar-refractivity contribution in [2.75, 3.05) is 0 Å². The number of nitrogens with two attached hydrogens (primary N) is 1. The van der Waals surface area contributed by atoms with Crippen molar-refractivity contribution in [3.05, 3.63) is 64.5 Å². The number of aromatic nitrogens is 1. The standard InChI is InChI=1S/C18H20N2O3S/c1-12(14-9-8-13-4-2-5-15(13)10-14)24(22,23)11-16-6-3-7-17(20-16)18(19)21/h3,6-10,12H,2,4-5,11H2,1H3,(H2,19,21). The van der Waals surface area contributed by atoms with E-state index in [1.54, 1.807) is 19.1 Å². The maximum absolute atomic E-state index is 12.7. The molecule has 3 rings (SSSR count). The lowest BCUT2D eigenvalue weighted by Crippen LogP contribution is -2.17. The van der Waals surface area contributed by atoms with Crippen molar-refractivity contribution in [2.24, 2.45) is 5.73 Å². The second kappa shape index (κ2) is 6.36. The predicted octanol–water partition coefficient (Wildman–Crippen LogP) is 2.35. The number of primary amides is 1. The van der Waals surface area contributed by atoms with Gasteiger partial charge in [0, 0.05) is 0 Å². The highest BCUT2D eigenvalue weighted by atomic mass is 32.2. The highest BCUT2D eigenvalue weighted by molar-refractivity contribution is 7.90. The summed E-state index contributed by atoms with van der Waals surface area (Å²) in [4.78, 5) is 15.2. The quantitative estimate of drug-likeness (QED) is 0.901. The van der Waals surface area contributed by atoms with Gasteiger partial charge in [-0.25, -0.2) is 13.4 Å². The Morgan fingerprint density at radius 2 is 1.96 bits per heavy atom. The van der Waals surface area contributed by atoms with Gasteiger partial charge in [0.05, 0.1) is 16.7 Å². The van der Waals surface area contributed by atoms with E-state index in [1.165, 1.54) is 17.2 Å². The smallest absolute Gasteiger partial charge is 0.267 e. The monoisotopic (exact) mass is 344 g/mol. The average molecular weight is 344 g/mol. The summed E-state index contributed by atoms with van der Waals surface area (Å²) >= 11 is 0. The molecule has 1 heterocycles. The Balaban J connectivity index is 1.84. The molecule has 1 unspecified atom stereocenters. The van der Waals surface area contributed by atoms with Crippen molar-refractivity contribution in [1.29, 1.82) is 0 Å². The van der Waals surface area contributed by atoms with Crippen molar-refractivity contribution < 1.29 is 13.2 Å². The fourth-order valence-electron chi connectivity index (χ4n) is 3.08. The molecule has 24 heavy (non-hydrogen) atoms. The Hall–Kier alpha value is -2.21. The third kappa shape index (κ3) is 3.33. The van der Waals surface area contributed by atoms with E-state index in [0.717, 1.165) is 24.8 Å². The molecule has 1 aliphatic rings. The molecular weight excluding hydrogens is 324 g/mol. The molecule has 0 saturated heterocycles. The summed E-state index contributed by atoms with van der Waals surface area (Å²) in [6.07, 6.45) is 3.21. The predicted molar refractivity (Wildman–Crippen MR) is 92.3 cm³/mol. The van der Waals surface area contributed by atoms with Gasteiger partial charge in [0.25, 0.3) is 5.91 Å². The van der Waals surface area contributed by atoms with Gasteiger partial charge in [0.1, 0.15) is 5.69 Å². The molecule has 2 N–H and O–H groups in total. The Morgan fingerprint density at radius 1 is 1.21 bits per heavy atom. The normalized spacial score (nSPS) is 15.0. The fraction of sp³-hybridized carbons (Fsp3) is 0.333. The lowest BCUT2D eigenvalue weighted by molar-refractivity contribution is 0.0995. The van der Waals surface area contributed by atoms with Crippen LogP contribution in [0.4, 0.5) is 0 Å². The Morgan fingerprint density at radius 3 is 2.71 bits per heavy atom. The van der Waals surface area contributed by atoms with Crippen LogP contribution in [0.2, 0.25) is 0 Å². The molecule has 1 atom stereocenters. The summed E-state index contributed by atoms with van der Waals surface area (Å²) in [5.74, 6) is -0.882. The van der Waals surface area contributed by atoms with Gasteiger partial charge in [0.15, 0.2) is 9.84 Å². The van der Waals surface area contributed by atoms with Crippen LogP contribution in [0.15, 0.2) is 36.4 Å². The number of hydrogen-bond acceptors (Lipinski definition) is 4. The molecule has 5 nitrogen and oxygen atoms in total. The molecule has 6 heteroatoms. The number of hydrogen-bond donors (Lipinski definition) is 1. The van der Waals surface area contributed by atoms with Crippen molar-refractivity contribution in [3.63, 3.8) is 0 Å². The molecule has 0 aliphatic heterocycles. The zero-order chi connectivity index (χ0) is 17.3. The summed E-state index contributed by atoms with van der Waals surface area (Å²) in [5, 5.41) is -0.623. The second-order valence-electron chi connectivity index (χ2n) is 6.21. The highest BCUT2D eigenvalue weighted by Crippen LogP contribution is 2.30. The van der Waals surface area contributed by atoms with Gasteiger partial charge < -0.3 is 5.73 Å². The van der Waals surface area contributed by atoms with E-state index in [9.17, 15) is 13.2 Å². The van der Waals surface area contributed by atoms with Crippen LogP contribution in [0.3, 0.4) is 0 Å². The van der Waals surface area contributed by atoms with E-state index >= 15 is 0 Å². The molecular formula is C18H20N2O3S. The van der Waals surface area contributed by atoms with Gasteiger partial charge >= 0.3 is 0 Å². The lowest BCUT2D eigenvalue weighted by Gasteiger charge is -2.15. The molecule has 1 aromatic heterocycles. The fourth-order valence-corrected chi connectivity index (χ4v) is 4.46. The van der Waals surface area contributed by atoms with Crippen LogP contribution >= 0.6 is 0 Å². The minimum atomic E-state index is -3.44. The highest BCUT2D eigenvalue weighted by Gasteiger charge is 2.25. The van der Waals surface area contributed by atoms with E-state index in [-0.39, 0.29) is 11.4 Å². The van der Waals surface area contributed by atoms with Gasteiger partial charge in [-0.1, -0.05) is 24.3 Å². The largest absolute Gasteiger partial charge is 0.364 e. The number of carbonyl (C=O) groups excluding carboxylic acids is 1. The molecule has 0 fully saturated rings. The molecule has 1 aromatic carbocycles. The summed E-state index contributed by atoms with van der Waals surface area (Å²) in [6.45, 7) is 1.70. The number of sulfone groups is 1. The van der Waals surface area contributed by atoms with Gasteiger partial charge in [-0.3, -0.25) is 4.79 Å². The Labute approximate surface area is 141 Å². The topological polar surface area (TPSA) is 90.1 Å². The lowest BCUT2D eigenvalue weighted by atomic mass is 10.0. The van der Waals surface area contributed by atoms with Crippen molar-refractivity contribution in [3.8, 4) is 0 Å². The van der Waals surface area contributed by atoms with Gasteiger partial charge in [0.2, 0.25) is 0 Å². The molecule has 0 radical (unpaired) electrons. The Kier molecular flexibility index (Phi) is 4.41. The molecule has 126 valence electrons. The van der Waals surface area contributed by atoms with Crippen LogP contribution in [0.1, 0.15) is 51.5 Å².